The number of ether oxygens (including phenoxy) is 1. The maximum Gasteiger partial charge on any atom is 0.119 e. The molecular weight excluding hydrogens is 194 g/mol. The Morgan fingerprint density at radius 2 is 1.93 bits per heavy atom. The van der Waals surface area contributed by atoms with Crippen LogP contribution in [0.2, 0.25) is 0 Å². The minimum absolute atomic E-state index is 0.0622. The highest BCUT2D eigenvalue weighted by atomic mass is 16.7. The summed E-state index contributed by atoms with van der Waals surface area (Å²) in [5, 5.41) is 10.5. The van der Waals surface area contributed by atoms with Gasteiger partial charge in [0.05, 0.1) is 20.3 Å². The molecule has 0 aliphatic carbocycles. The van der Waals surface area contributed by atoms with Gasteiger partial charge in [-0.2, -0.15) is 5.06 Å². The lowest BCUT2D eigenvalue weighted by Crippen LogP contribution is -2.22. The van der Waals surface area contributed by atoms with Crippen molar-refractivity contribution in [3.8, 4) is 5.75 Å². The van der Waals surface area contributed by atoms with Crippen LogP contribution in [0.15, 0.2) is 24.3 Å². The van der Waals surface area contributed by atoms with Gasteiger partial charge in [0.1, 0.15) is 12.4 Å². The molecule has 1 N–H and O–H groups in total. The molecule has 0 unspecified atom stereocenters. The van der Waals surface area contributed by atoms with Crippen LogP contribution >= 0.6 is 0 Å². The first-order chi connectivity index (χ1) is 7.26. The molecule has 15 heavy (non-hydrogen) atoms. The van der Waals surface area contributed by atoms with Gasteiger partial charge in [0.15, 0.2) is 0 Å². The van der Waals surface area contributed by atoms with E-state index in [-0.39, 0.29) is 6.61 Å². The highest BCUT2D eigenvalue weighted by Gasteiger charge is 1.97. The Morgan fingerprint density at radius 1 is 1.27 bits per heavy atom. The van der Waals surface area contributed by atoms with Crippen molar-refractivity contribution in [2.75, 3.05) is 27.3 Å². The van der Waals surface area contributed by atoms with Gasteiger partial charge >= 0.3 is 0 Å². The fourth-order valence-electron chi connectivity index (χ4n) is 1.07. The van der Waals surface area contributed by atoms with Crippen molar-refractivity contribution in [2.45, 2.75) is 6.61 Å². The van der Waals surface area contributed by atoms with Gasteiger partial charge in [-0.05, 0) is 17.7 Å². The monoisotopic (exact) mass is 211 g/mol. The van der Waals surface area contributed by atoms with Gasteiger partial charge in [-0.3, -0.25) is 0 Å². The Morgan fingerprint density at radius 3 is 2.47 bits per heavy atom. The average Bonchev–Trinajstić information content (AvgIpc) is 2.29. The van der Waals surface area contributed by atoms with Crippen LogP contribution in [0.1, 0.15) is 5.56 Å². The number of hydrogen-bond donors (Lipinski definition) is 1. The molecule has 4 heteroatoms. The molecule has 0 fully saturated rings. The zero-order chi connectivity index (χ0) is 11.1. The molecule has 0 atom stereocenters. The van der Waals surface area contributed by atoms with Crippen LogP contribution in [-0.4, -0.2) is 37.5 Å². The van der Waals surface area contributed by atoms with Gasteiger partial charge < -0.3 is 14.7 Å². The van der Waals surface area contributed by atoms with Gasteiger partial charge in [0.2, 0.25) is 0 Å². The number of aliphatic hydroxyl groups excluding tert-OH is 1. The predicted molar refractivity (Wildman–Crippen MR) is 57.5 cm³/mol. The van der Waals surface area contributed by atoms with Gasteiger partial charge in [-0.25, -0.2) is 0 Å². The van der Waals surface area contributed by atoms with Gasteiger partial charge in [-0.1, -0.05) is 12.1 Å². The number of hydroxylamine groups is 2. The highest BCUT2D eigenvalue weighted by molar-refractivity contribution is 5.26. The molecule has 1 aromatic carbocycles. The molecule has 0 saturated carbocycles. The van der Waals surface area contributed by atoms with E-state index in [9.17, 15) is 0 Å². The summed E-state index contributed by atoms with van der Waals surface area (Å²) in [6, 6.07) is 7.38. The molecule has 0 bridgehead atoms. The SMILES string of the molecule is CON(C)CCOc1ccc(CO)cc1. The molecule has 0 radical (unpaired) electrons. The Kier molecular flexibility index (Phi) is 5.10. The molecule has 0 heterocycles. The van der Waals surface area contributed by atoms with E-state index in [0.717, 1.165) is 11.3 Å². The van der Waals surface area contributed by atoms with Crippen molar-refractivity contribution < 1.29 is 14.7 Å². The Hall–Kier alpha value is -1.10. The second kappa shape index (κ2) is 6.40. The smallest absolute Gasteiger partial charge is 0.119 e. The lowest BCUT2D eigenvalue weighted by atomic mass is 10.2. The molecule has 0 aromatic heterocycles. The first kappa shape index (κ1) is 12.0. The predicted octanol–water partition coefficient (Wildman–Crippen LogP) is 1.05. The molecule has 0 aliphatic rings. The fourth-order valence-corrected chi connectivity index (χ4v) is 1.07. The van der Waals surface area contributed by atoms with E-state index in [2.05, 4.69) is 0 Å². The van der Waals surface area contributed by atoms with Crippen LogP contribution in [0.5, 0.6) is 5.75 Å². The fraction of sp³-hybridized carbons (Fsp3) is 0.455. The molecular formula is C11H17NO3. The minimum Gasteiger partial charge on any atom is -0.492 e. The van der Waals surface area contributed by atoms with E-state index >= 15 is 0 Å². The van der Waals surface area contributed by atoms with Crippen LogP contribution < -0.4 is 4.74 Å². The number of likely N-dealkylation sites (N-methyl/N-ethyl adjacent to an activating group) is 1. The Bertz CT molecular complexity index is 274. The van der Waals surface area contributed by atoms with E-state index in [1.54, 1.807) is 12.2 Å². The molecule has 0 amide bonds. The lowest BCUT2D eigenvalue weighted by Gasteiger charge is -2.13. The second-order valence-electron chi connectivity index (χ2n) is 3.18. The van der Waals surface area contributed by atoms with E-state index in [4.69, 9.17) is 14.7 Å². The number of rotatable bonds is 6. The third-order valence-corrected chi connectivity index (χ3v) is 2.09. The lowest BCUT2D eigenvalue weighted by molar-refractivity contribution is -0.113. The second-order valence-corrected chi connectivity index (χ2v) is 3.18. The van der Waals surface area contributed by atoms with Crippen molar-refractivity contribution in [2.24, 2.45) is 0 Å². The van der Waals surface area contributed by atoms with Crippen molar-refractivity contribution in [1.82, 2.24) is 5.06 Å². The quantitative estimate of drug-likeness (QED) is 0.714. The zero-order valence-corrected chi connectivity index (χ0v) is 9.14. The third-order valence-electron chi connectivity index (χ3n) is 2.09. The topological polar surface area (TPSA) is 41.9 Å². The van der Waals surface area contributed by atoms with Crippen molar-refractivity contribution in [1.29, 1.82) is 0 Å². The third kappa shape index (κ3) is 4.29. The van der Waals surface area contributed by atoms with Gasteiger partial charge in [0.25, 0.3) is 0 Å². The summed E-state index contributed by atoms with van der Waals surface area (Å²) < 4.78 is 5.47. The summed E-state index contributed by atoms with van der Waals surface area (Å²) in [5.74, 6) is 0.803. The first-order valence-corrected chi connectivity index (χ1v) is 4.84. The summed E-state index contributed by atoms with van der Waals surface area (Å²) >= 11 is 0. The molecule has 0 aliphatic heterocycles. The molecule has 4 nitrogen and oxygen atoms in total. The van der Waals surface area contributed by atoms with Gasteiger partial charge in [0, 0.05) is 7.05 Å². The van der Waals surface area contributed by atoms with Gasteiger partial charge in [-0.15, -0.1) is 0 Å². The normalized spacial score (nSPS) is 10.7. The standard InChI is InChI=1S/C11H17NO3/c1-12(14-2)7-8-15-11-5-3-10(9-13)4-6-11/h3-6,13H,7-9H2,1-2H3. The largest absolute Gasteiger partial charge is 0.492 e. The summed E-state index contributed by atoms with van der Waals surface area (Å²) in [6.45, 7) is 1.34. The van der Waals surface area contributed by atoms with Crippen molar-refractivity contribution in [3.05, 3.63) is 29.8 Å². The molecule has 1 rings (SSSR count). The Balaban J connectivity index is 2.31. The average molecular weight is 211 g/mol. The number of aliphatic hydroxyl groups is 1. The summed E-state index contributed by atoms with van der Waals surface area (Å²) in [7, 11) is 3.47. The van der Waals surface area contributed by atoms with Crippen LogP contribution in [0.3, 0.4) is 0 Å². The minimum atomic E-state index is 0.0622. The summed E-state index contributed by atoms with van der Waals surface area (Å²) in [6.07, 6.45) is 0. The summed E-state index contributed by atoms with van der Waals surface area (Å²) in [4.78, 5) is 4.94. The van der Waals surface area contributed by atoms with E-state index in [1.165, 1.54) is 0 Å². The van der Waals surface area contributed by atoms with Crippen LogP contribution in [0.25, 0.3) is 0 Å². The molecule has 84 valence electrons. The van der Waals surface area contributed by atoms with Crippen LogP contribution in [0.4, 0.5) is 0 Å². The van der Waals surface area contributed by atoms with Crippen molar-refractivity contribution >= 4 is 0 Å². The zero-order valence-electron chi connectivity index (χ0n) is 9.14. The number of hydrogen-bond acceptors (Lipinski definition) is 4. The van der Waals surface area contributed by atoms with Crippen molar-refractivity contribution in [3.63, 3.8) is 0 Å². The van der Waals surface area contributed by atoms with E-state index in [0.29, 0.717) is 13.2 Å². The maximum atomic E-state index is 8.85. The Labute approximate surface area is 90.0 Å². The van der Waals surface area contributed by atoms with Crippen LogP contribution in [-0.2, 0) is 11.4 Å². The van der Waals surface area contributed by atoms with E-state index < -0.39 is 0 Å². The van der Waals surface area contributed by atoms with Crippen LogP contribution in [0, 0.1) is 0 Å². The summed E-state index contributed by atoms with van der Waals surface area (Å²) in [5.41, 5.74) is 0.886. The molecule has 1 aromatic rings. The number of nitrogens with zero attached hydrogens (tertiary/aromatic N) is 1. The highest BCUT2D eigenvalue weighted by Crippen LogP contribution is 2.11. The van der Waals surface area contributed by atoms with E-state index in [1.807, 2.05) is 31.3 Å². The maximum absolute atomic E-state index is 8.85. The molecule has 0 spiro atoms. The first-order valence-electron chi connectivity index (χ1n) is 4.84. The number of benzene rings is 1. The molecule has 0 saturated heterocycles.